The quantitative estimate of drug-likeness (QED) is 0.229. The van der Waals surface area contributed by atoms with Crippen molar-refractivity contribution in [2.45, 2.75) is 62.9 Å². The second-order valence-corrected chi connectivity index (χ2v) is 12.7. The molecule has 0 aromatic heterocycles. The van der Waals surface area contributed by atoms with E-state index in [9.17, 15) is 9.59 Å². The van der Waals surface area contributed by atoms with E-state index in [4.69, 9.17) is 23.2 Å². The highest BCUT2D eigenvalue weighted by atomic mass is 79.9. The topological polar surface area (TPSA) is 49.4 Å². The standard InChI is InChI=1S/C31H33BrCl2N2O2S/c32-25-14-11-23(12-15-25)20-39-21-30(37)36(19-24-13-16-27(33)28(34)17-24)29(18-22-7-3-1-4-8-22)31(38)35-26-9-5-2-6-10-26/h1,3-4,7-8,11-17,26,29H,2,5-6,9-10,18-21H2,(H,35,38). The Kier molecular flexibility index (Phi) is 11.6. The molecular formula is C31H33BrCl2N2O2S. The number of hydrogen-bond acceptors (Lipinski definition) is 3. The number of amides is 2. The Balaban J connectivity index is 1.57. The van der Waals surface area contributed by atoms with E-state index in [1.54, 1.807) is 28.8 Å². The molecule has 8 heteroatoms. The zero-order chi connectivity index (χ0) is 27.6. The van der Waals surface area contributed by atoms with Crippen LogP contribution < -0.4 is 5.32 Å². The van der Waals surface area contributed by atoms with Crippen molar-refractivity contribution < 1.29 is 9.59 Å². The third kappa shape index (κ3) is 9.28. The largest absolute Gasteiger partial charge is 0.352 e. The number of halogens is 3. The van der Waals surface area contributed by atoms with Gasteiger partial charge in [0.05, 0.1) is 15.8 Å². The molecule has 1 aliphatic carbocycles. The first kappa shape index (κ1) is 30.0. The number of thioether (sulfide) groups is 1. The Labute approximate surface area is 254 Å². The molecule has 4 rings (SSSR count). The molecule has 0 bridgehead atoms. The molecule has 0 spiro atoms. The average Bonchev–Trinajstić information content (AvgIpc) is 2.94. The molecule has 0 radical (unpaired) electrons. The molecule has 1 unspecified atom stereocenters. The predicted octanol–water partition coefficient (Wildman–Crippen LogP) is 8.08. The van der Waals surface area contributed by atoms with E-state index in [1.807, 2.05) is 60.7 Å². The van der Waals surface area contributed by atoms with Crippen LogP contribution in [0.15, 0.2) is 77.3 Å². The summed E-state index contributed by atoms with van der Waals surface area (Å²) < 4.78 is 1.02. The fourth-order valence-electron chi connectivity index (χ4n) is 4.85. The van der Waals surface area contributed by atoms with Crippen molar-refractivity contribution in [2.75, 3.05) is 5.75 Å². The first-order valence-electron chi connectivity index (χ1n) is 13.3. The molecule has 1 saturated carbocycles. The maximum Gasteiger partial charge on any atom is 0.243 e. The lowest BCUT2D eigenvalue weighted by Gasteiger charge is -2.33. The maximum absolute atomic E-state index is 13.8. The normalized spacial score (nSPS) is 14.5. The van der Waals surface area contributed by atoms with Gasteiger partial charge in [-0.05, 0) is 53.8 Å². The van der Waals surface area contributed by atoms with E-state index in [1.165, 1.54) is 6.42 Å². The molecule has 0 saturated heterocycles. The summed E-state index contributed by atoms with van der Waals surface area (Å²) in [5.74, 6) is 0.788. The van der Waals surface area contributed by atoms with Crippen LogP contribution in [0.25, 0.3) is 0 Å². The minimum absolute atomic E-state index is 0.0806. The summed E-state index contributed by atoms with van der Waals surface area (Å²) in [5, 5.41) is 4.16. The van der Waals surface area contributed by atoms with E-state index in [0.717, 1.165) is 46.8 Å². The molecule has 39 heavy (non-hydrogen) atoms. The smallest absolute Gasteiger partial charge is 0.243 e. The summed E-state index contributed by atoms with van der Waals surface area (Å²) >= 11 is 17.5. The SMILES string of the molecule is O=C(NC1CCCCC1)C(Cc1ccccc1)N(Cc1ccc(Cl)c(Cl)c1)C(=O)CSCc1ccc(Br)cc1. The average molecular weight is 648 g/mol. The number of hydrogen-bond donors (Lipinski definition) is 1. The maximum atomic E-state index is 13.8. The Morgan fingerprint density at radius 2 is 1.59 bits per heavy atom. The van der Waals surface area contributed by atoms with Crippen LogP contribution in [0.5, 0.6) is 0 Å². The fourth-order valence-corrected chi connectivity index (χ4v) is 6.31. The molecule has 3 aromatic carbocycles. The molecule has 206 valence electrons. The highest BCUT2D eigenvalue weighted by Crippen LogP contribution is 2.26. The zero-order valence-corrected chi connectivity index (χ0v) is 25.7. The van der Waals surface area contributed by atoms with Crippen LogP contribution in [0.1, 0.15) is 48.8 Å². The van der Waals surface area contributed by atoms with E-state index in [-0.39, 0.29) is 30.2 Å². The summed E-state index contributed by atoms with van der Waals surface area (Å²) in [7, 11) is 0. The first-order valence-corrected chi connectivity index (χ1v) is 16.0. The summed E-state index contributed by atoms with van der Waals surface area (Å²) in [5.41, 5.74) is 2.98. The van der Waals surface area contributed by atoms with E-state index >= 15 is 0 Å². The molecule has 1 N–H and O–H groups in total. The summed E-state index contributed by atoms with van der Waals surface area (Å²) in [6.07, 6.45) is 5.84. The summed E-state index contributed by atoms with van der Waals surface area (Å²) in [4.78, 5) is 29.4. The molecular weight excluding hydrogens is 615 g/mol. The third-order valence-corrected chi connectivity index (χ3v) is 9.22. The lowest BCUT2D eigenvalue weighted by atomic mass is 9.94. The van der Waals surface area contributed by atoms with E-state index < -0.39 is 6.04 Å². The van der Waals surface area contributed by atoms with Gasteiger partial charge in [0.1, 0.15) is 6.04 Å². The highest BCUT2D eigenvalue weighted by molar-refractivity contribution is 9.10. The summed E-state index contributed by atoms with van der Waals surface area (Å²) in [6.45, 7) is 0.268. The van der Waals surface area contributed by atoms with Gasteiger partial charge in [0.15, 0.2) is 0 Å². The van der Waals surface area contributed by atoms with Gasteiger partial charge in [-0.1, -0.05) is 107 Å². The molecule has 3 aromatic rings. The van der Waals surface area contributed by atoms with Crippen LogP contribution in [0, 0.1) is 0 Å². The Bertz CT molecular complexity index is 1240. The number of carbonyl (C=O) groups is 2. The third-order valence-electron chi connectivity index (χ3n) is 6.97. The lowest BCUT2D eigenvalue weighted by molar-refractivity contribution is -0.139. The van der Waals surface area contributed by atoms with Crippen LogP contribution in [0.2, 0.25) is 10.0 Å². The molecule has 0 aliphatic heterocycles. The van der Waals surface area contributed by atoms with Gasteiger partial charge in [-0.2, -0.15) is 0 Å². The second kappa shape index (κ2) is 15.1. The van der Waals surface area contributed by atoms with Gasteiger partial charge in [-0.3, -0.25) is 9.59 Å². The van der Waals surface area contributed by atoms with E-state index in [2.05, 4.69) is 21.2 Å². The minimum atomic E-state index is -0.649. The number of nitrogens with zero attached hydrogens (tertiary/aromatic N) is 1. The second-order valence-electron chi connectivity index (χ2n) is 9.94. The molecule has 2 amide bonds. The molecule has 4 nitrogen and oxygen atoms in total. The van der Waals surface area contributed by atoms with Crippen LogP contribution in [-0.4, -0.2) is 34.6 Å². The number of rotatable bonds is 11. The molecule has 1 aliphatic rings. The van der Waals surface area contributed by atoms with Gasteiger partial charge in [0.25, 0.3) is 0 Å². The Morgan fingerprint density at radius 3 is 2.28 bits per heavy atom. The summed E-state index contributed by atoms with van der Waals surface area (Å²) in [6, 6.07) is 22.9. The van der Waals surface area contributed by atoms with Crippen molar-refractivity contribution >= 4 is 62.7 Å². The van der Waals surface area contributed by atoms with Crippen molar-refractivity contribution in [1.82, 2.24) is 10.2 Å². The van der Waals surface area contributed by atoms with Gasteiger partial charge < -0.3 is 10.2 Å². The number of carbonyl (C=O) groups excluding carboxylic acids is 2. The Morgan fingerprint density at radius 1 is 0.897 bits per heavy atom. The zero-order valence-electron chi connectivity index (χ0n) is 21.8. The van der Waals surface area contributed by atoms with E-state index in [0.29, 0.717) is 22.2 Å². The predicted molar refractivity (Wildman–Crippen MR) is 166 cm³/mol. The molecule has 1 atom stereocenters. The van der Waals surface area contributed by atoms with Crippen molar-refractivity contribution in [3.63, 3.8) is 0 Å². The minimum Gasteiger partial charge on any atom is -0.352 e. The monoisotopic (exact) mass is 646 g/mol. The van der Waals surface area contributed by atoms with Gasteiger partial charge in [-0.15, -0.1) is 11.8 Å². The highest BCUT2D eigenvalue weighted by Gasteiger charge is 2.32. The van der Waals surface area contributed by atoms with Gasteiger partial charge in [0, 0.05) is 29.2 Å². The van der Waals surface area contributed by atoms with Crippen LogP contribution in [-0.2, 0) is 28.3 Å². The van der Waals surface area contributed by atoms with Gasteiger partial charge in [-0.25, -0.2) is 0 Å². The first-order chi connectivity index (χ1) is 18.9. The van der Waals surface area contributed by atoms with Gasteiger partial charge >= 0.3 is 0 Å². The lowest BCUT2D eigenvalue weighted by Crippen LogP contribution is -2.53. The number of benzene rings is 3. The van der Waals surface area contributed by atoms with Crippen LogP contribution in [0.3, 0.4) is 0 Å². The van der Waals surface area contributed by atoms with Gasteiger partial charge in [0.2, 0.25) is 11.8 Å². The Hall–Kier alpha value is -1.99. The van der Waals surface area contributed by atoms with Crippen molar-refractivity contribution in [3.05, 3.63) is 104 Å². The van der Waals surface area contributed by atoms with Crippen molar-refractivity contribution in [2.24, 2.45) is 0 Å². The van der Waals surface area contributed by atoms with Crippen LogP contribution in [0.4, 0.5) is 0 Å². The molecule has 1 fully saturated rings. The van der Waals surface area contributed by atoms with Crippen molar-refractivity contribution in [3.8, 4) is 0 Å². The van der Waals surface area contributed by atoms with Crippen LogP contribution >= 0.6 is 50.9 Å². The molecule has 0 heterocycles. The number of nitrogens with one attached hydrogen (secondary N) is 1. The van der Waals surface area contributed by atoms with Crippen molar-refractivity contribution in [1.29, 1.82) is 0 Å². The fraction of sp³-hybridized carbons (Fsp3) is 0.355.